The summed E-state index contributed by atoms with van der Waals surface area (Å²) in [6, 6.07) is 15.2. The largest absolute Gasteiger partial charge is 0.497 e. The van der Waals surface area contributed by atoms with E-state index in [0.717, 1.165) is 24.5 Å². The zero-order chi connectivity index (χ0) is 20.4. The lowest BCUT2D eigenvalue weighted by atomic mass is 10.2. The lowest BCUT2D eigenvalue weighted by Gasteiger charge is -2.36. The maximum absolute atomic E-state index is 12.8. The van der Waals surface area contributed by atoms with Crippen LogP contribution in [-0.2, 0) is 11.3 Å². The van der Waals surface area contributed by atoms with Crippen molar-refractivity contribution >= 4 is 22.5 Å². The minimum atomic E-state index is -0.168. The number of rotatable bonds is 4. The van der Waals surface area contributed by atoms with Crippen LogP contribution in [-0.4, -0.2) is 53.6 Å². The molecule has 0 atom stereocenters. The molecular formula is C22H24N4O3. The fourth-order valence-electron chi connectivity index (χ4n) is 3.71. The van der Waals surface area contributed by atoms with Gasteiger partial charge in [0.15, 0.2) is 0 Å². The zero-order valence-corrected chi connectivity index (χ0v) is 16.7. The van der Waals surface area contributed by atoms with Crippen LogP contribution in [0, 0.1) is 6.92 Å². The topological polar surface area (TPSA) is 67.7 Å². The van der Waals surface area contributed by atoms with Crippen LogP contribution in [0.15, 0.2) is 53.3 Å². The van der Waals surface area contributed by atoms with Crippen LogP contribution >= 0.6 is 0 Å². The molecule has 1 amide bonds. The lowest BCUT2D eigenvalue weighted by Crippen LogP contribution is -2.50. The molecule has 2 aromatic carbocycles. The number of hydrogen-bond acceptors (Lipinski definition) is 5. The highest BCUT2D eigenvalue weighted by atomic mass is 16.5. The first-order valence-corrected chi connectivity index (χ1v) is 9.70. The Morgan fingerprint density at radius 2 is 1.72 bits per heavy atom. The van der Waals surface area contributed by atoms with Crippen molar-refractivity contribution in [1.82, 2.24) is 14.5 Å². The number of nitrogens with zero attached hydrogens (tertiary/aromatic N) is 4. The SMILES string of the molecule is COc1ccc(N2CCN(C(=O)Cn3c(C)nc4ccccc4c3=O)CC2)cc1. The van der Waals surface area contributed by atoms with Crippen LogP contribution in [0.1, 0.15) is 5.82 Å². The molecule has 3 aromatic rings. The third-order valence-electron chi connectivity index (χ3n) is 5.42. The van der Waals surface area contributed by atoms with Crippen LogP contribution in [0.5, 0.6) is 5.75 Å². The Hall–Kier alpha value is -3.35. The van der Waals surface area contributed by atoms with E-state index in [9.17, 15) is 9.59 Å². The highest BCUT2D eigenvalue weighted by Gasteiger charge is 2.22. The van der Waals surface area contributed by atoms with Gasteiger partial charge in [0, 0.05) is 31.9 Å². The Kier molecular flexibility index (Phi) is 5.20. The van der Waals surface area contributed by atoms with Gasteiger partial charge in [-0.3, -0.25) is 14.2 Å². The van der Waals surface area contributed by atoms with E-state index in [-0.39, 0.29) is 18.0 Å². The second kappa shape index (κ2) is 7.95. The summed E-state index contributed by atoms with van der Waals surface area (Å²) in [4.78, 5) is 34.2. The first-order chi connectivity index (χ1) is 14.1. The van der Waals surface area contributed by atoms with Gasteiger partial charge in [-0.25, -0.2) is 4.98 Å². The molecule has 2 heterocycles. The van der Waals surface area contributed by atoms with E-state index in [1.807, 2.05) is 47.4 Å². The number of para-hydroxylation sites is 1. The van der Waals surface area contributed by atoms with Gasteiger partial charge in [0.1, 0.15) is 18.1 Å². The average Bonchev–Trinajstić information content (AvgIpc) is 2.76. The molecule has 29 heavy (non-hydrogen) atoms. The van der Waals surface area contributed by atoms with Crippen molar-refractivity contribution in [3.63, 3.8) is 0 Å². The summed E-state index contributed by atoms with van der Waals surface area (Å²) in [5.41, 5.74) is 1.61. The molecule has 0 saturated carbocycles. The molecule has 1 aromatic heterocycles. The number of hydrogen-bond donors (Lipinski definition) is 0. The first-order valence-electron chi connectivity index (χ1n) is 9.70. The molecule has 7 heteroatoms. The number of aryl methyl sites for hydroxylation is 1. The Morgan fingerprint density at radius 1 is 1.03 bits per heavy atom. The van der Waals surface area contributed by atoms with E-state index in [1.165, 1.54) is 4.57 Å². The van der Waals surface area contributed by atoms with E-state index in [0.29, 0.717) is 29.8 Å². The smallest absolute Gasteiger partial charge is 0.261 e. The summed E-state index contributed by atoms with van der Waals surface area (Å²) in [5.74, 6) is 1.33. The molecule has 1 aliphatic heterocycles. The summed E-state index contributed by atoms with van der Waals surface area (Å²) >= 11 is 0. The van der Waals surface area contributed by atoms with E-state index in [4.69, 9.17) is 4.74 Å². The fraction of sp³-hybridized carbons (Fsp3) is 0.318. The number of benzene rings is 2. The molecule has 1 saturated heterocycles. The van der Waals surface area contributed by atoms with Crippen molar-refractivity contribution in [3.05, 3.63) is 64.7 Å². The normalized spacial score (nSPS) is 14.3. The molecule has 0 bridgehead atoms. The predicted octanol–water partition coefficient (Wildman–Crippen LogP) is 2.06. The highest BCUT2D eigenvalue weighted by Crippen LogP contribution is 2.20. The number of carbonyl (C=O) groups is 1. The Balaban J connectivity index is 1.44. The number of methoxy groups -OCH3 is 1. The van der Waals surface area contributed by atoms with Crippen LogP contribution in [0.2, 0.25) is 0 Å². The zero-order valence-electron chi connectivity index (χ0n) is 16.7. The molecule has 0 spiro atoms. The van der Waals surface area contributed by atoms with Gasteiger partial charge in [0.2, 0.25) is 5.91 Å². The molecule has 0 radical (unpaired) electrons. The van der Waals surface area contributed by atoms with Crippen molar-refractivity contribution in [2.24, 2.45) is 0 Å². The van der Waals surface area contributed by atoms with Crippen molar-refractivity contribution in [2.45, 2.75) is 13.5 Å². The third kappa shape index (κ3) is 3.81. The summed E-state index contributed by atoms with van der Waals surface area (Å²) in [6.45, 7) is 4.54. The molecule has 0 unspecified atom stereocenters. The van der Waals surface area contributed by atoms with Crippen molar-refractivity contribution in [1.29, 1.82) is 0 Å². The predicted molar refractivity (Wildman–Crippen MR) is 113 cm³/mol. The van der Waals surface area contributed by atoms with Gasteiger partial charge in [-0.05, 0) is 43.3 Å². The van der Waals surface area contributed by atoms with Gasteiger partial charge >= 0.3 is 0 Å². The van der Waals surface area contributed by atoms with E-state index < -0.39 is 0 Å². The van der Waals surface area contributed by atoms with Gasteiger partial charge in [-0.15, -0.1) is 0 Å². The molecule has 7 nitrogen and oxygen atoms in total. The van der Waals surface area contributed by atoms with Gasteiger partial charge in [0.25, 0.3) is 5.56 Å². The monoisotopic (exact) mass is 392 g/mol. The van der Waals surface area contributed by atoms with Gasteiger partial charge in [0.05, 0.1) is 18.0 Å². The van der Waals surface area contributed by atoms with Crippen molar-refractivity contribution < 1.29 is 9.53 Å². The van der Waals surface area contributed by atoms with Crippen LogP contribution < -0.4 is 15.2 Å². The van der Waals surface area contributed by atoms with E-state index >= 15 is 0 Å². The number of ether oxygens (including phenoxy) is 1. The third-order valence-corrected chi connectivity index (χ3v) is 5.42. The Morgan fingerprint density at radius 3 is 2.41 bits per heavy atom. The maximum Gasteiger partial charge on any atom is 0.261 e. The number of carbonyl (C=O) groups excluding carboxylic acids is 1. The molecule has 0 N–H and O–H groups in total. The number of anilines is 1. The number of piperazine rings is 1. The van der Waals surface area contributed by atoms with E-state index in [1.54, 1.807) is 20.1 Å². The van der Waals surface area contributed by atoms with Crippen LogP contribution in [0.3, 0.4) is 0 Å². The first kappa shape index (κ1) is 19.0. The highest BCUT2D eigenvalue weighted by molar-refractivity contribution is 5.79. The van der Waals surface area contributed by atoms with Crippen LogP contribution in [0.25, 0.3) is 10.9 Å². The second-order valence-electron chi connectivity index (χ2n) is 7.13. The van der Waals surface area contributed by atoms with Crippen molar-refractivity contribution in [2.75, 3.05) is 38.2 Å². The fourth-order valence-corrected chi connectivity index (χ4v) is 3.71. The summed E-state index contributed by atoms with van der Waals surface area (Å²) in [5, 5.41) is 0.537. The lowest BCUT2D eigenvalue weighted by molar-refractivity contribution is -0.132. The Bertz CT molecular complexity index is 1080. The summed E-state index contributed by atoms with van der Waals surface area (Å²) < 4.78 is 6.68. The standard InChI is InChI=1S/C22H24N4O3/c1-16-23-20-6-4-3-5-19(20)22(28)26(16)15-21(27)25-13-11-24(12-14-25)17-7-9-18(29-2)10-8-17/h3-10H,11-15H2,1-2H3. The number of fused-ring (bicyclic) bond motifs is 1. The van der Waals surface area contributed by atoms with Crippen molar-refractivity contribution in [3.8, 4) is 5.75 Å². The second-order valence-corrected chi connectivity index (χ2v) is 7.13. The summed E-state index contributed by atoms with van der Waals surface area (Å²) in [7, 11) is 1.65. The van der Waals surface area contributed by atoms with Gasteiger partial charge in [-0.1, -0.05) is 12.1 Å². The maximum atomic E-state index is 12.8. The van der Waals surface area contributed by atoms with E-state index in [2.05, 4.69) is 9.88 Å². The number of amides is 1. The minimum Gasteiger partial charge on any atom is -0.497 e. The molecule has 4 rings (SSSR count). The van der Waals surface area contributed by atoms with Crippen LogP contribution in [0.4, 0.5) is 5.69 Å². The number of aromatic nitrogens is 2. The average molecular weight is 392 g/mol. The quantitative estimate of drug-likeness (QED) is 0.680. The molecule has 1 fully saturated rings. The minimum absolute atomic E-state index is 0.0189. The molecule has 1 aliphatic rings. The molecule has 0 aliphatic carbocycles. The summed E-state index contributed by atoms with van der Waals surface area (Å²) in [6.07, 6.45) is 0. The van der Waals surface area contributed by atoms with Gasteiger partial charge in [-0.2, -0.15) is 0 Å². The molecular weight excluding hydrogens is 368 g/mol. The Labute approximate surface area is 169 Å². The van der Waals surface area contributed by atoms with Gasteiger partial charge < -0.3 is 14.5 Å². The molecule has 150 valence electrons.